The number of fused-ring (bicyclic) bond motifs is 1. The first kappa shape index (κ1) is 9.44. The molecule has 1 unspecified atom stereocenters. The SMILES string of the molecule is CCCC1CCc2[nH]c(=O)ncc2C1. The molecule has 3 nitrogen and oxygen atoms in total. The van der Waals surface area contributed by atoms with Gasteiger partial charge in [0.1, 0.15) is 0 Å². The van der Waals surface area contributed by atoms with E-state index in [4.69, 9.17) is 0 Å². The second-order valence-corrected chi connectivity index (χ2v) is 4.09. The molecule has 1 aromatic rings. The van der Waals surface area contributed by atoms with E-state index in [0.29, 0.717) is 0 Å². The van der Waals surface area contributed by atoms with Crippen LogP contribution in [0.2, 0.25) is 0 Å². The quantitative estimate of drug-likeness (QED) is 0.774. The monoisotopic (exact) mass is 192 g/mol. The number of nitrogens with one attached hydrogen (secondary N) is 1. The summed E-state index contributed by atoms with van der Waals surface area (Å²) in [7, 11) is 0. The Kier molecular flexibility index (Phi) is 2.66. The number of hydrogen-bond acceptors (Lipinski definition) is 2. The maximum Gasteiger partial charge on any atom is 0.345 e. The van der Waals surface area contributed by atoms with E-state index in [1.807, 2.05) is 0 Å². The van der Waals surface area contributed by atoms with E-state index in [2.05, 4.69) is 16.9 Å². The highest BCUT2D eigenvalue weighted by molar-refractivity contribution is 5.19. The van der Waals surface area contributed by atoms with Gasteiger partial charge in [0.05, 0.1) is 0 Å². The number of aryl methyl sites for hydroxylation is 1. The molecule has 0 aromatic carbocycles. The van der Waals surface area contributed by atoms with Crippen LogP contribution in [0.4, 0.5) is 0 Å². The van der Waals surface area contributed by atoms with Crippen molar-refractivity contribution in [2.24, 2.45) is 5.92 Å². The summed E-state index contributed by atoms with van der Waals surface area (Å²) in [6, 6.07) is 0. The molecule has 14 heavy (non-hydrogen) atoms. The Morgan fingerprint density at radius 1 is 1.64 bits per heavy atom. The Labute approximate surface area is 83.6 Å². The van der Waals surface area contributed by atoms with E-state index < -0.39 is 0 Å². The van der Waals surface area contributed by atoms with Gasteiger partial charge in [0, 0.05) is 11.9 Å². The largest absolute Gasteiger partial charge is 0.345 e. The molecule has 1 aliphatic rings. The summed E-state index contributed by atoms with van der Waals surface area (Å²) in [6.07, 6.45) is 7.59. The van der Waals surface area contributed by atoms with Gasteiger partial charge in [-0.15, -0.1) is 0 Å². The van der Waals surface area contributed by atoms with Gasteiger partial charge in [0.15, 0.2) is 0 Å². The van der Waals surface area contributed by atoms with Crippen molar-refractivity contribution in [3.63, 3.8) is 0 Å². The third-order valence-electron chi connectivity index (χ3n) is 2.99. The fourth-order valence-corrected chi connectivity index (χ4v) is 2.27. The predicted molar refractivity (Wildman–Crippen MR) is 55.3 cm³/mol. The zero-order valence-corrected chi connectivity index (χ0v) is 8.55. The van der Waals surface area contributed by atoms with Gasteiger partial charge in [-0.3, -0.25) is 0 Å². The number of hydrogen-bond donors (Lipinski definition) is 1. The Morgan fingerprint density at radius 2 is 2.50 bits per heavy atom. The molecular weight excluding hydrogens is 176 g/mol. The highest BCUT2D eigenvalue weighted by atomic mass is 16.1. The number of nitrogens with zero attached hydrogens (tertiary/aromatic N) is 1. The van der Waals surface area contributed by atoms with Crippen LogP contribution in [0.1, 0.15) is 37.4 Å². The van der Waals surface area contributed by atoms with E-state index >= 15 is 0 Å². The molecule has 1 heterocycles. The lowest BCUT2D eigenvalue weighted by molar-refractivity contribution is 0.416. The van der Waals surface area contributed by atoms with Crippen LogP contribution in [0.25, 0.3) is 0 Å². The van der Waals surface area contributed by atoms with Crippen molar-refractivity contribution in [1.82, 2.24) is 9.97 Å². The minimum Gasteiger partial charge on any atom is -0.310 e. The molecule has 0 bridgehead atoms. The molecule has 0 aliphatic heterocycles. The van der Waals surface area contributed by atoms with Gasteiger partial charge in [-0.1, -0.05) is 19.8 Å². The Morgan fingerprint density at radius 3 is 3.29 bits per heavy atom. The topological polar surface area (TPSA) is 45.8 Å². The van der Waals surface area contributed by atoms with E-state index in [0.717, 1.165) is 24.5 Å². The molecule has 0 radical (unpaired) electrons. The van der Waals surface area contributed by atoms with Gasteiger partial charge in [-0.05, 0) is 30.7 Å². The lowest BCUT2D eigenvalue weighted by Crippen LogP contribution is -2.21. The van der Waals surface area contributed by atoms with Crippen LogP contribution in [-0.2, 0) is 12.8 Å². The molecule has 2 rings (SSSR count). The average molecular weight is 192 g/mol. The number of H-pyrrole nitrogens is 1. The zero-order valence-electron chi connectivity index (χ0n) is 8.55. The van der Waals surface area contributed by atoms with Crippen LogP contribution in [-0.4, -0.2) is 9.97 Å². The minimum atomic E-state index is -0.210. The third-order valence-corrected chi connectivity index (χ3v) is 2.99. The Balaban J connectivity index is 2.19. The van der Waals surface area contributed by atoms with Gasteiger partial charge in [-0.25, -0.2) is 9.78 Å². The number of aromatic nitrogens is 2. The number of rotatable bonds is 2. The minimum absolute atomic E-state index is 0.210. The van der Waals surface area contributed by atoms with Gasteiger partial charge >= 0.3 is 5.69 Å². The van der Waals surface area contributed by atoms with E-state index in [9.17, 15) is 4.79 Å². The smallest absolute Gasteiger partial charge is 0.310 e. The summed E-state index contributed by atoms with van der Waals surface area (Å²) in [5.41, 5.74) is 2.14. The van der Waals surface area contributed by atoms with Gasteiger partial charge in [0.25, 0.3) is 0 Å². The van der Waals surface area contributed by atoms with Crippen LogP contribution < -0.4 is 5.69 Å². The van der Waals surface area contributed by atoms with Crippen molar-refractivity contribution >= 4 is 0 Å². The number of aromatic amines is 1. The molecule has 0 saturated carbocycles. The van der Waals surface area contributed by atoms with Crippen LogP contribution in [0.3, 0.4) is 0 Å². The van der Waals surface area contributed by atoms with E-state index in [-0.39, 0.29) is 5.69 Å². The summed E-state index contributed by atoms with van der Waals surface area (Å²) < 4.78 is 0. The molecule has 76 valence electrons. The van der Waals surface area contributed by atoms with E-state index in [1.54, 1.807) is 6.20 Å². The lowest BCUT2D eigenvalue weighted by atomic mass is 9.85. The molecule has 0 fully saturated rings. The molecule has 0 spiro atoms. The van der Waals surface area contributed by atoms with Crippen molar-refractivity contribution in [3.8, 4) is 0 Å². The molecule has 1 atom stereocenters. The van der Waals surface area contributed by atoms with Crippen molar-refractivity contribution < 1.29 is 0 Å². The summed E-state index contributed by atoms with van der Waals surface area (Å²) >= 11 is 0. The molecule has 1 N–H and O–H groups in total. The summed E-state index contributed by atoms with van der Waals surface area (Å²) in [6.45, 7) is 2.22. The normalized spacial score (nSPS) is 20.5. The summed E-state index contributed by atoms with van der Waals surface area (Å²) in [5.74, 6) is 0.792. The van der Waals surface area contributed by atoms with Crippen molar-refractivity contribution in [1.29, 1.82) is 0 Å². The molecule has 1 aromatic heterocycles. The molecule has 3 heteroatoms. The third kappa shape index (κ3) is 1.86. The van der Waals surface area contributed by atoms with Crippen LogP contribution >= 0.6 is 0 Å². The molecule has 0 amide bonds. The van der Waals surface area contributed by atoms with Gasteiger partial charge in [0.2, 0.25) is 0 Å². The average Bonchev–Trinajstić information content (AvgIpc) is 2.19. The van der Waals surface area contributed by atoms with E-state index in [1.165, 1.54) is 24.8 Å². The Hall–Kier alpha value is -1.12. The van der Waals surface area contributed by atoms with Crippen LogP contribution in [0.5, 0.6) is 0 Å². The van der Waals surface area contributed by atoms with Crippen LogP contribution in [0.15, 0.2) is 11.0 Å². The fraction of sp³-hybridized carbons (Fsp3) is 0.636. The first-order chi connectivity index (χ1) is 6.79. The Bertz CT molecular complexity index is 370. The predicted octanol–water partition coefficient (Wildman–Crippen LogP) is 1.67. The first-order valence-electron chi connectivity index (χ1n) is 5.36. The molecular formula is C11H16N2O. The first-order valence-corrected chi connectivity index (χ1v) is 5.36. The van der Waals surface area contributed by atoms with Crippen LogP contribution in [0, 0.1) is 5.92 Å². The van der Waals surface area contributed by atoms with Gasteiger partial charge < -0.3 is 4.98 Å². The van der Waals surface area contributed by atoms with Crippen molar-refractivity contribution in [3.05, 3.63) is 27.9 Å². The highest BCUT2D eigenvalue weighted by Gasteiger charge is 2.18. The van der Waals surface area contributed by atoms with Crippen molar-refractivity contribution in [2.45, 2.75) is 39.0 Å². The maximum absolute atomic E-state index is 11.0. The fourth-order valence-electron chi connectivity index (χ4n) is 2.27. The summed E-state index contributed by atoms with van der Waals surface area (Å²) in [5, 5.41) is 0. The highest BCUT2D eigenvalue weighted by Crippen LogP contribution is 2.25. The molecule has 0 saturated heterocycles. The van der Waals surface area contributed by atoms with Gasteiger partial charge in [-0.2, -0.15) is 0 Å². The molecule has 1 aliphatic carbocycles. The maximum atomic E-state index is 11.0. The second kappa shape index (κ2) is 3.95. The van der Waals surface area contributed by atoms with Crippen molar-refractivity contribution in [2.75, 3.05) is 0 Å². The zero-order chi connectivity index (χ0) is 9.97. The lowest BCUT2D eigenvalue weighted by Gasteiger charge is -2.22. The second-order valence-electron chi connectivity index (χ2n) is 4.09. The standard InChI is InChI=1S/C11H16N2O/c1-2-3-8-4-5-10-9(6-8)7-12-11(14)13-10/h7-8H,2-6H2,1H3,(H,12,13,14). The summed E-state index contributed by atoms with van der Waals surface area (Å²) in [4.78, 5) is 17.6.